The summed E-state index contributed by atoms with van der Waals surface area (Å²) in [5.41, 5.74) is 10.5. The van der Waals surface area contributed by atoms with Gasteiger partial charge in [-0.15, -0.1) is 0 Å². The van der Waals surface area contributed by atoms with E-state index in [2.05, 4.69) is 9.98 Å². The summed E-state index contributed by atoms with van der Waals surface area (Å²) in [6.45, 7) is 0. The van der Waals surface area contributed by atoms with E-state index in [9.17, 15) is 0 Å². The quantitative estimate of drug-likeness (QED) is 0.283. The molecule has 0 aromatic carbocycles. The Labute approximate surface area is 64.5 Å². The molecule has 0 aliphatic rings. The Morgan fingerprint density at radius 2 is 2.00 bits per heavy atom. The van der Waals surface area contributed by atoms with Gasteiger partial charge in [-0.3, -0.25) is 9.41 Å². The fourth-order valence-electron chi connectivity index (χ4n) is 0.236. The van der Waals surface area contributed by atoms with E-state index in [1.807, 2.05) is 0 Å². The van der Waals surface area contributed by atoms with Crippen LogP contribution in [0.25, 0.3) is 0 Å². The molecule has 4 N–H and O–H groups in total. The van der Waals surface area contributed by atoms with E-state index >= 15 is 0 Å². The molecule has 0 aromatic rings. The number of aliphatic imine (C=N–C) groups is 2. The van der Waals surface area contributed by atoms with Crippen LogP contribution in [0.15, 0.2) is 9.98 Å². The number of hydrogen-bond donors (Lipinski definition) is 2. The third-order valence-corrected chi connectivity index (χ3v) is 0.947. The van der Waals surface area contributed by atoms with Crippen molar-refractivity contribution in [2.24, 2.45) is 21.5 Å². The highest BCUT2D eigenvalue weighted by molar-refractivity contribution is 6.22. The van der Waals surface area contributed by atoms with Crippen molar-refractivity contribution < 1.29 is 0 Å². The molecular weight excluding hydrogens is 154 g/mol. The molecular formula is C4H10ClN5. The average molecular weight is 164 g/mol. The third kappa shape index (κ3) is 3.13. The second-order valence-corrected chi connectivity index (χ2v) is 2.04. The van der Waals surface area contributed by atoms with E-state index in [1.165, 1.54) is 7.05 Å². The van der Waals surface area contributed by atoms with Gasteiger partial charge in [-0.25, -0.2) is 0 Å². The summed E-state index contributed by atoms with van der Waals surface area (Å²) in [6, 6.07) is 0. The summed E-state index contributed by atoms with van der Waals surface area (Å²) >= 11 is 5.40. The highest BCUT2D eigenvalue weighted by atomic mass is 35.5. The molecule has 0 rings (SSSR count). The van der Waals surface area contributed by atoms with Crippen LogP contribution in [-0.2, 0) is 0 Å². The molecule has 0 amide bonds. The van der Waals surface area contributed by atoms with Gasteiger partial charge in [0.25, 0.3) is 0 Å². The second-order valence-electron chi connectivity index (χ2n) is 1.53. The smallest absolute Gasteiger partial charge is 0.218 e. The molecule has 0 saturated carbocycles. The molecule has 0 aliphatic heterocycles. The monoisotopic (exact) mass is 163 g/mol. The molecule has 0 heterocycles. The predicted octanol–water partition coefficient (Wildman–Crippen LogP) is -0.669. The van der Waals surface area contributed by atoms with Crippen molar-refractivity contribution in [3.63, 3.8) is 0 Å². The standard InChI is InChI=1S/C4H10ClN5/c1-8-3(6)9-4(7)10(2)5/h1-2H3,(H4,6,7,8,9). The van der Waals surface area contributed by atoms with Gasteiger partial charge in [0.1, 0.15) is 0 Å². The van der Waals surface area contributed by atoms with Crippen LogP contribution in [0.2, 0.25) is 0 Å². The Morgan fingerprint density at radius 3 is 2.30 bits per heavy atom. The van der Waals surface area contributed by atoms with Crippen LogP contribution in [-0.4, -0.2) is 30.4 Å². The van der Waals surface area contributed by atoms with E-state index in [1.54, 1.807) is 7.05 Å². The molecule has 0 aromatic heterocycles. The number of hydrogen-bond acceptors (Lipinski definition) is 1. The Balaban J connectivity index is 4.17. The number of nitrogens with zero attached hydrogens (tertiary/aromatic N) is 3. The van der Waals surface area contributed by atoms with Crippen LogP contribution in [0, 0.1) is 0 Å². The molecule has 0 unspecified atom stereocenters. The Kier molecular flexibility index (Phi) is 3.56. The summed E-state index contributed by atoms with van der Waals surface area (Å²) < 4.78 is 1.12. The second kappa shape index (κ2) is 3.94. The lowest BCUT2D eigenvalue weighted by molar-refractivity contribution is 0.808. The van der Waals surface area contributed by atoms with Gasteiger partial charge in [-0.2, -0.15) is 4.99 Å². The first-order chi connectivity index (χ1) is 4.57. The van der Waals surface area contributed by atoms with E-state index < -0.39 is 0 Å². The van der Waals surface area contributed by atoms with Crippen LogP contribution in [0.1, 0.15) is 0 Å². The zero-order valence-electron chi connectivity index (χ0n) is 5.87. The molecule has 0 spiro atoms. The van der Waals surface area contributed by atoms with Crippen molar-refractivity contribution in [3.8, 4) is 0 Å². The van der Waals surface area contributed by atoms with Gasteiger partial charge >= 0.3 is 0 Å². The highest BCUT2D eigenvalue weighted by Crippen LogP contribution is 1.85. The Hall–Kier alpha value is -0.970. The van der Waals surface area contributed by atoms with Crippen LogP contribution in [0.5, 0.6) is 0 Å². The summed E-state index contributed by atoms with van der Waals surface area (Å²) in [7, 11) is 3.06. The number of halogens is 1. The summed E-state index contributed by atoms with van der Waals surface area (Å²) in [6.07, 6.45) is 0. The maximum Gasteiger partial charge on any atom is 0.218 e. The average Bonchev–Trinajstić information content (AvgIpc) is 1.87. The van der Waals surface area contributed by atoms with Gasteiger partial charge in [0.2, 0.25) is 11.9 Å². The van der Waals surface area contributed by atoms with Gasteiger partial charge < -0.3 is 11.5 Å². The van der Waals surface area contributed by atoms with Crippen molar-refractivity contribution in [2.75, 3.05) is 14.1 Å². The Morgan fingerprint density at radius 1 is 1.50 bits per heavy atom. The molecule has 0 saturated heterocycles. The van der Waals surface area contributed by atoms with Crippen LogP contribution >= 0.6 is 11.8 Å². The van der Waals surface area contributed by atoms with Gasteiger partial charge in [0.15, 0.2) is 0 Å². The molecule has 0 radical (unpaired) electrons. The van der Waals surface area contributed by atoms with Gasteiger partial charge in [-0.1, -0.05) is 0 Å². The fraction of sp³-hybridized carbons (Fsp3) is 0.500. The SMILES string of the molecule is CN=C(N)/N=C(/N)N(C)Cl. The Bertz CT molecular complexity index is 161. The first-order valence-corrected chi connectivity index (χ1v) is 2.87. The van der Waals surface area contributed by atoms with E-state index in [4.69, 9.17) is 23.2 Å². The largest absolute Gasteiger partial charge is 0.368 e. The van der Waals surface area contributed by atoms with Crippen LogP contribution in [0.3, 0.4) is 0 Å². The molecule has 58 valence electrons. The summed E-state index contributed by atoms with van der Waals surface area (Å²) in [4.78, 5) is 7.16. The molecule has 5 nitrogen and oxygen atoms in total. The van der Waals surface area contributed by atoms with Crippen LogP contribution < -0.4 is 11.5 Å². The number of nitrogens with two attached hydrogens (primary N) is 2. The minimum Gasteiger partial charge on any atom is -0.368 e. The molecule has 10 heavy (non-hydrogen) atoms. The van der Waals surface area contributed by atoms with E-state index in [0.29, 0.717) is 0 Å². The minimum absolute atomic E-state index is 0.102. The topological polar surface area (TPSA) is 80.0 Å². The number of rotatable bonds is 0. The van der Waals surface area contributed by atoms with Crippen molar-refractivity contribution in [1.82, 2.24) is 4.42 Å². The zero-order chi connectivity index (χ0) is 8.15. The predicted molar refractivity (Wildman–Crippen MR) is 42.8 cm³/mol. The van der Waals surface area contributed by atoms with Gasteiger partial charge in [0.05, 0.1) is 0 Å². The van der Waals surface area contributed by atoms with Crippen molar-refractivity contribution >= 4 is 23.7 Å². The van der Waals surface area contributed by atoms with Crippen LogP contribution in [0.4, 0.5) is 0 Å². The first-order valence-electron chi connectivity index (χ1n) is 2.54. The maximum absolute atomic E-state index is 5.40. The lowest BCUT2D eigenvalue weighted by atomic mass is 10.9. The maximum atomic E-state index is 5.40. The van der Waals surface area contributed by atoms with E-state index in [0.717, 1.165) is 4.42 Å². The normalized spacial score (nSPS) is 13.5. The summed E-state index contributed by atoms with van der Waals surface area (Å²) in [5.74, 6) is 0.217. The number of guanidine groups is 2. The highest BCUT2D eigenvalue weighted by Gasteiger charge is 1.95. The summed E-state index contributed by atoms with van der Waals surface area (Å²) in [5, 5.41) is 0. The fourth-order valence-corrected chi connectivity index (χ4v) is 0.274. The van der Waals surface area contributed by atoms with Gasteiger partial charge in [0, 0.05) is 25.9 Å². The molecule has 0 aliphatic carbocycles. The molecule has 6 heteroatoms. The lowest BCUT2D eigenvalue weighted by Crippen LogP contribution is -2.28. The van der Waals surface area contributed by atoms with Crippen molar-refractivity contribution in [2.45, 2.75) is 0 Å². The molecule has 0 fully saturated rings. The molecule has 0 bridgehead atoms. The van der Waals surface area contributed by atoms with Crippen molar-refractivity contribution in [3.05, 3.63) is 0 Å². The van der Waals surface area contributed by atoms with E-state index in [-0.39, 0.29) is 11.9 Å². The zero-order valence-corrected chi connectivity index (χ0v) is 6.63. The first kappa shape index (κ1) is 9.03. The lowest BCUT2D eigenvalue weighted by Gasteiger charge is -2.05. The third-order valence-electron chi connectivity index (χ3n) is 0.774. The molecule has 0 atom stereocenters. The minimum atomic E-state index is 0.102. The van der Waals surface area contributed by atoms with Gasteiger partial charge in [-0.05, 0) is 0 Å². The van der Waals surface area contributed by atoms with Crippen molar-refractivity contribution in [1.29, 1.82) is 0 Å².